The van der Waals surface area contributed by atoms with Gasteiger partial charge in [-0.1, -0.05) is 0 Å². The molecule has 2 rings (SSSR count). The fourth-order valence-corrected chi connectivity index (χ4v) is 1.55. The normalized spacial score (nSPS) is 13.3. The van der Waals surface area contributed by atoms with Crippen LogP contribution in [0.5, 0.6) is 0 Å². The molecule has 0 saturated carbocycles. The van der Waals surface area contributed by atoms with E-state index >= 15 is 0 Å². The molecule has 0 aliphatic carbocycles. The van der Waals surface area contributed by atoms with E-state index in [1.807, 2.05) is 0 Å². The van der Waals surface area contributed by atoms with E-state index in [-0.39, 0.29) is 17.1 Å². The van der Waals surface area contributed by atoms with Crippen LogP contribution in [0.15, 0.2) is 30.7 Å². The summed E-state index contributed by atoms with van der Waals surface area (Å²) in [4.78, 5) is 11.7. The highest BCUT2D eigenvalue weighted by molar-refractivity contribution is 5.57. The minimum Gasteiger partial charge on any atom is -0.387 e. The first kappa shape index (κ1) is 13.4. The van der Waals surface area contributed by atoms with Crippen molar-refractivity contribution in [2.24, 2.45) is 0 Å². The van der Waals surface area contributed by atoms with Crippen molar-refractivity contribution in [3.63, 3.8) is 0 Å². The van der Waals surface area contributed by atoms with E-state index in [1.165, 1.54) is 25.4 Å². The lowest BCUT2D eigenvalue weighted by molar-refractivity contribution is -0.137. The number of hydrogen-bond donors (Lipinski definition) is 1. The van der Waals surface area contributed by atoms with Gasteiger partial charge in [0.15, 0.2) is 0 Å². The summed E-state index contributed by atoms with van der Waals surface area (Å²) < 4.78 is 37.3. The fourth-order valence-electron chi connectivity index (χ4n) is 1.55. The molecule has 0 aliphatic rings. The number of aliphatic hydroxyl groups excluding tert-OH is 1. The molecule has 2 heterocycles. The smallest absolute Gasteiger partial charge is 0.387 e. The molecular formula is C12H10F3N3O. The fraction of sp³-hybridized carbons (Fsp3) is 0.250. The number of nitrogens with zero attached hydrogens (tertiary/aromatic N) is 3. The number of rotatable bonds is 2. The maximum atomic E-state index is 12.4. The number of halogens is 3. The Balaban J connectivity index is 2.43. The minimum absolute atomic E-state index is 0.233. The van der Waals surface area contributed by atoms with Crippen LogP contribution in [0.3, 0.4) is 0 Å². The van der Waals surface area contributed by atoms with Gasteiger partial charge < -0.3 is 5.11 Å². The second kappa shape index (κ2) is 4.93. The molecule has 0 bridgehead atoms. The summed E-state index contributed by atoms with van der Waals surface area (Å²) in [7, 11) is 0. The Morgan fingerprint density at radius 2 is 1.79 bits per heavy atom. The lowest BCUT2D eigenvalue weighted by Gasteiger charge is -2.10. The van der Waals surface area contributed by atoms with E-state index in [2.05, 4.69) is 15.0 Å². The molecule has 0 saturated heterocycles. The highest BCUT2D eigenvalue weighted by Crippen LogP contribution is 2.30. The van der Waals surface area contributed by atoms with Crippen molar-refractivity contribution in [2.75, 3.05) is 0 Å². The third-order valence-corrected chi connectivity index (χ3v) is 2.46. The van der Waals surface area contributed by atoms with E-state index in [1.54, 1.807) is 0 Å². The molecule has 2 aromatic rings. The molecule has 0 fully saturated rings. The molecule has 7 heteroatoms. The van der Waals surface area contributed by atoms with E-state index in [0.29, 0.717) is 0 Å². The summed E-state index contributed by atoms with van der Waals surface area (Å²) in [5, 5.41) is 9.54. The molecule has 1 atom stereocenters. The average molecular weight is 269 g/mol. The van der Waals surface area contributed by atoms with Crippen molar-refractivity contribution in [3.05, 3.63) is 42.0 Å². The summed E-state index contributed by atoms with van der Waals surface area (Å²) in [6, 6.07) is 2.13. The Hall–Kier alpha value is -2.02. The van der Waals surface area contributed by atoms with Gasteiger partial charge in [-0.25, -0.2) is 0 Å². The van der Waals surface area contributed by atoms with Crippen molar-refractivity contribution < 1.29 is 18.3 Å². The Morgan fingerprint density at radius 3 is 2.32 bits per heavy atom. The quantitative estimate of drug-likeness (QED) is 0.910. The van der Waals surface area contributed by atoms with Gasteiger partial charge in [-0.15, -0.1) is 0 Å². The Morgan fingerprint density at radius 1 is 1.11 bits per heavy atom. The van der Waals surface area contributed by atoms with Crippen LogP contribution in [-0.4, -0.2) is 20.1 Å². The molecule has 0 amide bonds. The van der Waals surface area contributed by atoms with Gasteiger partial charge in [0.05, 0.1) is 23.1 Å². The van der Waals surface area contributed by atoms with E-state index < -0.39 is 17.8 Å². The molecule has 0 radical (unpaired) electrons. The van der Waals surface area contributed by atoms with Gasteiger partial charge in [-0.3, -0.25) is 15.0 Å². The van der Waals surface area contributed by atoms with Crippen LogP contribution < -0.4 is 0 Å². The number of alkyl halides is 3. The van der Waals surface area contributed by atoms with Gasteiger partial charge in [-0.05, 0) is 19.1 Å². The van der Waals surface area contributed by atoms with Crippen LogP contribution in [-0.2, 0) is 6.18 Å². The van der Waals surface area contributed by atoms with Crippen LogP contribution >= 0.6 is 0 Å². The van der Waals surface area contributed by atoms with Gasteiger partial charge in [0.2, 0.25) is 0 Å². The predicted octanol–water partition coefficient (Wildman–Crippen LogP) is 2.61. The topological polar surface area (TPSA) is 58.9 Å². The third-order valence-electron chi connectivity index (χ3n) is 2.46. The van der Waals surface area contributed by atoms with Crippen molar-refractivity contribution in [3.8, 4) is 11.4 Å². The first-order valence-corrected chi connectivity index (χ1v) is 5.42. The van der Waals surface area contributed by atoms with Crippen LogP contribution in [0.4, 0.5) is 13.2 Å². The summed E-state index contributed by atoms with van der Waals surface area (Å²) >= 11 is 0. The number of aliphatic hydroxyl groups is 1. The van der Waals surface area contributed by atoms with Crippen molar-refractivity contribution in [2.45, 2.75) is 19.2 Å². The third kappa shape index (κ3) is 2.87. The summed E-state index contributed by atoms with van der Waals surface area (Å²) in [5.74, 6) is 0. The highest BCUT2D eigenvalue weighted by atomic mass is 19.4. The van der Waals surface area contributed by atoms with Crippen LogP contribution in [0, 0.1) is 0 Å². The van der Waals surface area contributed by atoms with E-state index in [0.717, 1.165) is 12.3 Å². The minimum atomic E-state index is -4.43. The molecule has 0 spiro atoms. The van der Waals surface area contributed by atoms with E-state index in [4.69, 9.17) is 0 Å². The predicted molar refractivity (Wildman–Crippen MR) is 60.9 cm³/mol. The zero-order valence-corrected chi connectivity index (χ0v) is 9.89. The summed E-state index contributed by atoms with van der Waals surface area (Å²) in [5.41, 5.74) is -0.0586. The molecular weight excluding hydrogens is 259 g/mol. The maximum Gasteiger partial charge on any atom is 0.417 e. The van der Waals surface area contributed by atoms with Crippen molar-refractivity contribution in [1.82, 2.24) is 15.0 Å². The standard InChI is InChI=1S/C12H10F3N3O/c1-7(19)10-11(17-5-4-16-10)9-3-2-8(6-18-9)12(13,14)15/h2-7,19H,1H3. The second-order valence-corrected chi connectivity index (χ2v) is 3.90. The molecule has 1 N–H and O–H groups in total. The highest BCUT2D eigenvalue weighted by Gasteiger charge is 2.30. The van der Waals surface area contributed by atoms with Crippen LogP contribution in [0.25, 0.3) is 11.4 Å². The number of aromatic nitrogens is 3. The molecule has 1 unspecified atom stereocenters. The molecule has 4 nitrogen and oxygen atoms in total. The zero-order valence-electron chi connectivity index (χ0n) is 9.89. The summed E-state index contributed by atoms with van der Waals surface area (Å²) in [6.07, 6.45) is -1.79. The molecule has 100 valence electrons. The van der Waals surface area contributed by atoms with E-state index in [9.17, 15) is 18.3 Å². The van der Waals surface area contributed by atoms with Gasteiger partial charge in [0.1, 0.15) is 5.69 Å². The summed E-state index contributed by atoms with van der Waals surface area (Å²) in [6.45, 7) is 1.50. The first-order valence-electron chi connectivity index (χ1n) is 5.42. The van der Waals surface area contributed by atoms with Gasteiger partial charge in [-0.2, -0.15) is 13.2 Å². The van der Waals surface area contributed by atoms with Crippen molar-refractivity contribution >= 4 is 0 Å². The molecule has 0 aromatic carbocycles. The van der Waals surface area contributed by atoms with Gasteiger partial charge in [0, 0.05) is 18.6 Å². The Bertz CT molecular complexity index is 567. The Labute approximate surface area is 107 Å². The second-order valence-electron chi connectivity index (χ2n) is 3.90. The molecule has 0 aliphatic heterocycles. The van der Waals surface area contributed by atoms with Crippen LogP contribution in [0.1, 0.15) is 24.3 Å². The first-order chi connectivity index (χ1) is 8.89. The largest absolute Gasteiger partial charge is 0.417 e. The lowest BCUT2D eigenvalue weighted by atomic mass is 10.1. The number of hydrogen-bond acceptors (Lipinski definition) is 4. The lowest BCUT2D eigenvalue weighted by Crippen LogP contribution is -2.06. The molecule has 2 aromatic heterocycles. The van der Waals surface area contributed by atoms with Crippen molar-refractivity contribution in [1.29, 1.82) is 0 Å². The monoisotopic (exact) mass is 269 g/mol. The molecule has 19 heavy (non-hydrogen) atoms. The maximum absolute atomic E-state index is 12.4. The Kier molecular flexibility index (Phi) is 3.48. The van der Waals surface area contributed by atoms with Gasteiger partial charge >= 0.3 is 6.18 Å². The van der Waals surface area contributed by atoms with Gasteiger partial charge in [0.25, 0.3) is 0 Å². The SMILES string of the molecule is CC(O)c1nccnc1-c1ccc(C(F)(F)F)cn1. The average Bonchev–Trinajstić information content (AvgIpc) is 2.38. The van der Waals surface area contributed by atoms with Crippen LogP contribution in [0.2, 0.25) is 0 Å². The zero-order chi connectivity index (χ0) is 14.0. The number of pyridine rings is 1.